The lowest BCUT2D eigenvalue weighted by Gasteiger charge is -2.12. The van der Waals surface area contributed by atoms with Crippen LogP contribution in [0.3, 0.4) is 0 Å². The van der Waals surface area contributed by atoms with Gasteiger partial charge < -0.3 is 20.1 Å². The zero-order valence-electron chi connectivity index (χ0n) is 14.9. The number of aliphatic imine (C=N–C) groups is 1. The van der Waals surface area contributed by atoms with Gasteiger partial charge in [-0.05, 0) is 50.3 Å². The third-order valence-corrected chi connectivity index (χ3v) is 3.61. The van der Waals surface area contributed by atoms with Crippen LogP contribution in [0.5, 0.6) is 5.75 Å². The minimum atomic E-state index is 0.792. The second-order valence-corrected chi connectivity index (χ2v) is 5.38. The van der Waals surface area contributed by atoms with Gasteiger partial charge in [0.2, 0.25) is 0 Å². The van der Waals surface area contributed by atoms with E-state index in [1.165, 1.54) is 5.56 Å². The topological polar surface area (TPSA) is 54.9 Å². The molecule has 0 saturated carbocycles. The number of nitrogens with zero attached hydrogens (tertiary/aromatic N) is 1. The lowest BCUT2D eigenvalue weighted by Crippen LogP contribution is -2.38. The summed E-state index contributed by atoms with van der Waals surface area (Å²) in [6.45, 7) is 7.45. The molecule has 1 aromatic rings. The number of methoxy groups -OCH3 is 1. The Balaban J connectivity index is 2.24. The van der Waals surface area contributed by atoms with E-state index in [1.54, 1.807) is 14.2 Å². The normalized spacial score (nSPS) is 11.4. The van der Waals surface area contributed by atoms with Gasteiger partial charge in [0.05, 0.1) is 7.11 Å². The van der Waals surface area contributed by atoms with Crippen LogP contribution in [0.4, 0.5) is 0 Å². The van der Waals surface area contributed by atoms with Gasteiger partial charge >= 0.3 is 0 Å². The van der Waals surface area contributed by atoms with Crippen LogP contribution in [0, 0.1) is 6.92 Å². The van der Waals surface area contributed by atoms with Gasteiger partial charge in [0.25, 0.3) is 0 Å². The molecular weight excluding hydrogens is 290 g/mol. The van der Waals surface area contributed by atoms with Crippen molar-refractivity contribution < 1.29 is 9.47 Å². The first-order chi connectivity index (χ1) is 11.2. The average molecular weight is 321 g/mol. The molecule has 0 amide bonds. The summed E-state index contributed by atoms with van der Waals surface area (Å²) >= 11 is 0. The standard InChI is InChI=1S/C18H31N3O2/c1-5-23-13-7-6-11-20-18(19-3)21-12-10-16-9-8-15(2)17(14-16)22-4/h8-9,14H,5-7,10-13H2,1-4H3,(H2,19,20,21). The number of unbranched alkanes of at least 4 members (excludes halogenated alkanes) is 1. The van der Waals surface area contributed by atoms with Crippen molar-refractivity contribution in [2.24, 2.45) is 4.99 Å². The number of ether oxygens (including phenoxy) is 2. The second kappa shape index (κ2) is 11.8. The molecule has 0 atom stereocenters. The number of aryl methyl sites for hydroxylation is 1. The van der Waals surface area contributed by atoms with Crippen LogP contribution in [0.2, 0.25) is 0 Å². The fraction of sp³-hybridized carbons (Fsp3) is 0.611. The Labute approximate surface area is 140 Å². The van der Waals surface area contributed by atoms with E-state index in [0.29, 0.717) is 0 Å². The van der Waals surface area contributed by atoms with Crippen molar-refractivity contribution in [2.45, 2.75) is 33.1 Å². The van der Waals surface area contributed by atoms with E-state index < -0.39 is 0 Å². The molecule has 5 nitrogen and oxygen atoms in total. The SMILES string of the molecule is CCOCCCCNC(=NC)NCCc1ccc(C)c(OC)c1. The van der Waals surface area contributed by atoms with Crippen LogP contribution in [-0.2, 0) is 11.2 Å². The van der Waals surface area contributed by atoms with E-state index in [2.05, 4.69) is 40.7 Å². The fourth-order valence-corrected chi connectivity index (χ4v) is 2.25. The largest absolute Gasteiger partial charge is 0.496 e. The first-order valence-corrected chi connectivity index (χ1v) is 8.37. The summed E-state index contributed by atoms with van der Waals surface area (Å²) < 4.78 is 10.7. The Morgan fingerprint density at radius 1 is 1.17 bits per heavy atom. The maximum absolute atomic E-state index is 5.36. The minimum absolute atomic E-state index is 0.792. The molecule has 0 spiro atoms. The molecule has 23 heavy (non-hydrogen) atoms. The number of hydrogen-bond donors (Lipinski definition) is 2. The van der Waals surface area contributed by atoms with Gasteiger partial charge in [-0.2, -0.15) is 0 Å². The first kappa shape index (κ1) is 19.3. The van der Waals surface area contributed by atoms with Gasteiger partial charge in [-0.3, -0.25) is 4.99 Å². The highest BCUT2D eigenvalue weighted by molar-refractivity contribution is 5.79. The highest BCUT2D eigenvalue weighted by atomic mass is 16.5. The van der Waals surface area contributed by atoms with Crippen molar-refractivity contribution in [3.8, 4) is 5.75 Å². The monoisotopic (exact) mass is 321 g/mol. The van der Waals surface area contributed by atoms with Crippen molar-refractivity contribution in [3.05, 3.63) is 29.3 Å². The molecule has 0 aromatic heterocycles. The van der Waals surface area contributed by atoms with E-state index in [9.17, 15) is 0 Å². The molecule has 0 saturated heterocycles. The fourth-order valence-electron chi connectivity index (χ4n) is 2.25. The van der Waals surface area contributed by atoms with E-state index >= 15 is 0 Å². The van der Waals surface area contributed by atoms with Crippen molar-refractivity contribution in [1.29, 1.82) is 0 Å². The van der Waals surface area contributed by atoms with E-state index in [-0.39, 0.29) is 0 Å². The summed E-state index contributed by atoms with van der Waals surface area (Å²) in [5.74, 6) is 1.79. The minimum Gasteiger partial charge on any atom is -0.496 e. The Hall–Kier alpha value is -1.75. The zero-order chi connectivity index (χ0) is 16.9. The van der Waals surface area contributed by atoms with Crippen molar-refractivity contribution in [2.75, 3.05) is 40.5 Å². The summed E-state index contributed by atoms with van der Waals surface area (Å²) in [6.07, 6.45) is 3.08. The number of hydrogen-bond acceptors (Lipinski definition) is 3. The number of rotatable bonds is 10. The summed E-state index contributed by atoms with van der Waals surface area (Å²) in [5, 5.41) is 6.66. The van der Waals surface area contributed by atoms with Gasteiger partial charge in [-0.1, -0.05) is 12.1 Å². The van der Waals surface area contributed by atoms with Crippen molar-refractivity contribution in [1.82, 2.24) is 10.6 Å². The molecule has 0 aliphatic carbocycles. The number of nitrogens with one attached hydrogen (secondary N) is 2. The van der Waals surface area contributed by atoms with Crippen LogP contribution in [-0.4, -0.2) is 46.4 Å². The number of benzene rings is 1. The molecule has 1 aromatic carbocycles. The first-order valence-electron chi connectivity index (χ1n) is 8.37. The van der Waals surface area contributed by atoms with Crippen LogP contribution in [0.1, 0.15) is 30.9 Å². The average Bonchev–Trinajstić information content (AvgIpc) is 2.57. The molecule has 5 heteroatoms. The summed E-state index contributed by atoms with van der Waals surface area (Å²) in [6, 6.07) is 6.34. The van der Waals surface area contributed by atoms with E-state index in [1.807, 2.05) is 6.92 Å². The lowest BCUT2D eigenvalue weighted by atomic mass is 10.1. The Morgan fingerprint density at radius 3 is 2.65 bits per heavy atom. The molecule has 0 heterocycles. The molecule has 0 aliphatic rings. The second-order valence-electron chi connectivity index (χ2n) is 5.38. The highest BCUT2D eigenvalue weighted by Crippen LogP contribution is 2.18. The lowest BCUT2D eigenvalue weighted by molar-refractivity contribution is 0.143. The van der Waals surface area contributed by atoms with Crippen LogP contribution in [0.25, 0.3) is 0 Å². The maximum Gasteiger partial charge on any atom is 0.190 e. The quantitative estimate of drug-likeness (QED) is 0.395. The zero-order valence-corrected chi connectivity index (χ0v) is 14.9. The third-order valence-electron chi connectivity index (χ3n) is 3.61. The smallest absolute Gasteiger partial charge is 0.190 e. The molecular formula is C18H31N3O2. The van der Waals surface area contributed by atoms with Gasteiger partial charge in [-0.15, -0.1) is 0 Å². The van der Waals surface area contributed by atoms with Gasteiger partial charge in [-0.25, -0.2) is 0 Å². The Morgan fingerprint density at radius 2 is 1.96 bits per heavy atom. The molecule has 0 radical (unpaired) electrons. The third kappa shape index (κ3) is 7.88. The van der Waals surface area contributed by atoms with E-state index in [0.717, 1.165) is 62.8 Å². The van der Waals surface area contributed by atoms with Gasteiger partial charge in [0, 0.05) is 33.4 Å². The predicted octanol–water partition coefficient (Wildman–Crippen LogP) is 2.53. The molecule has 0 bridgehead atoms. The molecule has 0 aliphatic heterocycles. The van der Waals surface area contributed by atoms with Crippen molar-refractivity contribution in [3.63, 3.8) is 0 Å². The molecule has 0 fully saturated rings. The van der Waals surface area contributed by atoms with E-state index in [4.69, 9.17) is 9.47 Å². The summed E-state index contributed by atoms with van der Waals surface area (Å²) in [5.41, 5.74) is 2.42. The van der Waals surface area contributed by atoms with Gasteiger partial charge in [0.1, 0.15) is 5.75 Å². The summed E-state index contributed by atoms with van der Waals surface area (Å²) in [7, 11) is 3.51. The molecule has 130 valence electrons. The highest BCUT2D eigenvalue weighted by Gasteiger charge is 2.01. The van der Waals surface area contributed by atoms with Gasteiger partial charge in [0.15, 0.2) is 5.96 Å². The predicted molar refractivity (Wildman–Crippen MR) is 96.5 cm³/mol. The molecule has 0 unspecified atom stereocenters. The Bertz CT molecular complexity index is 475. The van der Waals surface area contributed by atoms with Crippen LogP contribution in [0.15, 0.2) is 23.2 Å². The molecule has 1 rings (SSSR count). The number of guanidine groups is 1. The van der Waals surface area contributed by atoms with Crippen LogP contribution < -0.4 is 15.4 Å². The van der Waals surface area contributed by atoms with Crippen molar-refractivity contribution >= 4 is 5.96 Å². The summed E-state index contributed by atoms with van der Waals surface area (Å²) in [4.78, 5) is 4.24. The maximum atomic E-state index is 5.36. The van der Waals surface area contributed by atoms with Crippen LogP contribution >= 0.6 is 0 Å². The molecule has 2 N–H and O–H groups in total. The Kier molecular flexibility index (Phi) is 9.87.